The van der Waals surface area contributed by atoms with Gasteiger partial charge in [-0.1, -0.05) is 0 Å². The average Bonchev–Trinajstić information content (AvgIpc) is 1.92. The van der Waals surface area contributed by atoms with Gasteiger partial charge in [0.2, 0.25) is 0 Å². The first-order chi connectivity index (χ1) is 4.63. The van der Waals surface area contributed by atoms with E-state index in [1.165, 1.54) is 0 Å². The summed E-state index contributed by atoms with van der Waals surface area (Å²) in [6.45, 7) is 12.1. The number of nitrogens with two attached hydrogens (primary N) is 1. The largest absolute Gasteiger partial charge is 1.00 e. The highest BCUT2D eigenvalue weighted by molar-refractivity contribution is 4.41. The summed E-state index contributed by atoms with van der Waals surface area (Å²) < 4.78 is 1.04. The zero-order valence-corrected chi connectivity index (χ0v) is 9.69. The molecule has 0 spiro atoms. The van der Waals surface area contributed by atoms with Crippen molar-refractivity contribution in [3.63, 3.8) is 0 Å². The van der Waals surface area contributed by atoms with Crippen LogP contribution in [0, 0.1) is 0 Å². The van der Waals surface area contributed by atoms with Crippen molar-refractivity contribution in [2.24, 2.45) is 5.73 Å². The van der Waals surface area contributed by atoms with Crippen LogP contribution in [-0.2, 0) is 0 Å². The molecule has 1 unspecified atom stereocenters. The fraction of sp³-hybridized carbons (Fsp3) is 1.00. The van der Waals surface area contributed by atoms with Crippen molar-refractivity contribution in [1.29, 1.82) is 0 Å². The van der Waals surface area contributed by atoms with Gasteiger partial charge in [0.25, 0.3) is 0 Å². The summed E-state index contributed by atoms with van der Waals surface area (Å²) >= 11 is 0. The zero-order valence-electron chi connectivity index (χ0n) is 8.10. The predicted octanol–water partition coefficient (Wildman–Crippen LogP) is -1.83. The highest BCUT2D eigenvalue weighted by Crippen LogP contribution is 2.07. The number of halogens is 1. The molecule has 0 aromatic rings. The maximum Gasteiger partial charge on any atom is 0.137 e. The Labute approximate surface area is 81.1 Å². The van der Waals surface area contributed by atoms with Crippen LogP contribution in [0.25, 0.3) is 0 Å². The average molecular weight is 225 g/mol. The molecule has 2 nitrogen and oxygen atoms in total. The van der Waals surface area contributed by atoms with E-state index in [9.17, 15) is 0 Å². The molecular formula is C8H21BrN2. The van der Waals surface area contributed by atoms with E-state index in [1.807, 2.05) is 0 Å². The third-order valence-corrected chi connectivity index (χ3v) is 2.75. The fourth-order valence-electron chi connectivity index (χ4n) is 1.53. The molecule has 0 aromatic heterocycles. The Morgan fingerprint density at radius 2 is 1.36 bits per heavy atom. The van der Waals surface area contributed by atoms with Crippen molar-refractivity contribution in [2.45, 2.75) is 33.9 Å². The van der Waals surface area contributed by atoms with Gasteiger partial charge in [-0.05, 0) is 20.8 Å². The van der Waals surface area contributed by atoms with Crippen molar-refractivity contribution in [3.8, 4) is 0 Å². The molecule has 0 aliphatic heterocycles. The first-order valence-electron chi connectivity index (χ1n) is 4.24. The molecule has 0 aromatic carbocycles. The quantitative estimate of drug-likeness (QED) is 0.442. The second-order valence-electron chi connectivity index (χ2n) is 2.91. The first kappa shape index (κ1) is 14.0. The topological polar surface area (TPSA) is 26.0 Å². The monoisotopic (exact) mass is 224 g/mol. The molecule has 0 rings (SSSR count). The maximum atomic E-state index is 5.88. The molecule has 0 saturated heterocycles. The van der Waals surface area contributed by atoms with Gasteiger partial charge in [0.1, 0.15) is 6.17 Å². The lowest BCUT2D eigenvalue weighted by molar-refractivity contribution is -0.944. The van der Waals surface area contributed by atoms with E-state index >= 15 is 0 Å². The Morgan fingerprint density at radius 3 is 1.36 bits per heavy atom. The van der Waals surface area contributed by atoms with E-state index in [0.717, 1.165) is 24.1 Å². The predicted molar refractivity (Wildman–Crippen MR) is 45.5 cm³/mol. The van der Waals surface area contributed by atoms with Gasteiger partial charge in [0.15, 0.2) is 0 Å². The summed E-state index contributed by atoms with van der Waals surface area (Å²) in [5, 5.41) is 0. The minimum absolute atomic E-state index is 0. The molecule has 0 amide bonds. The van der Waals surface area contributed by atoms with Crippen LogP contribution in [0.2, 0.25) is 0 Å². The van der Waals surface area contributed by atoms with Gasteiger partial charge in [-0.3, -0.25) is 5.73 Å². The number of hydrogen-bond donors (Lipinski definition) is 1. The van der Waals surface area contributed by atoms with Crippen LogP contribution < -0.4 is 22.7 Å². The van der Waals surface area contributed by atoms with Crippen LogP contribution in [0.5, 0.6) is 0 Å². The van der Waals surface area contributed by atoms with Gasteiger partial charge >= 0.3 is 0 Å². The third-order valence-electron chi connectivity index (χ3n) is 2.75. The van der Waals surface area contributed by atoms with Crippen molar-refractivity contribution in [3.05, 3.63) is 0 Å². The summed E-state index contributed by atoms with van der Waals surface area (Å²) in [6, 6.07) is 0. The third kappa shape index (κ3) is 3.09. The lowest BCUT2D eigenvalue weighted by atomic mass is 10.3. The van der Waals surface area contributed by atoms with Gasteiger partial charge < -0.3 is 21.5 Å². The van der Waals surface area contributed by atoms with Gasteiger partial charge in [-0.2, -0.15) is 0 Å². The number of nitrogens with zero attached hydrogens (tertiary/aromatic N) is 1. The molecule has 0 saturated carbocycles. The van der Waals surface area contributed by atoms with Crippen LogP contribution in [0.15, 0.2) is 0 Å². The Balaban J connectivity index is 0. The first-order valence-corrected chi connectivity index (χ1v) is 4.24. The minimum Gasteiger partial charge on any atom is -1.00 e. The van der Waals surface area contributed by atoms with E-state index in [1.54, 1.807) is 0 Å². The highest BCUT2D eigenvalue weighted by atomic mass is 79.9. The molecular weight excluding hydrogens is 204 g/mol. The molecule has 1 atom stereocenters. The molecule has 11 heavy (non-hydrogen) atoms. The molecule has 70 valence electrons. The molecule has 0 radical (unpaired) electrons. The lowest BCUT2D eigenvalue weighted by Gasteiger charge is -2.39. The minimum atomic E-state index is 0. The molecule has 0 aliphatic carbocycles. The normalized spacial score (nSPS) is 13.9. The molecule has 0 fully saturated rings. The summed E-state index contributed by atoms with van der Waals surface area (Å²) in [5.41, 5.74) is 5.88. The van der Waals surface area contributed by atoms with Crippen LogP contribution in [0.4, 0.5) is 0 Å². The molecule has 0 heterocycles. The molecule has 0 bridgehead atoms. The Kier molecular flexibility index (Phi) is 7.58. The Hall–Kier alpha value is 0.400. The standard InChI is InChI=1S/C8H21N2.BrH/c1-5-10(6-2,7-3)8(4)9;/h8H,5-7,9H2,1-4H3;1H/q+1;/p-1. The van der Waals surface area contributed by atoms with Gasteiger partial charge in [-0.25, -0.2) is 0 Å². The summed E-state index contributed by atoms with van der Waals surface area (Å²) in [6.07, 6.45) is 0.278. The fourth-order valence-corrected chi connectivity index (χ4v) is 1.53. The van der Waals surface area contributed by atoms with Gasteiger partial charge in [0, 0.05) is 6.92 Å². The Morgan fingerprint density at radius 1 is 1.09 bits per heavy atom. The second kappa shape index (κ2) is 5.98. The van der Waals surface area contributed by atoms with Crippen molar-refractivity contribution < 1.29 is 21.5 Å². The van der Waals surface area contributed by atoms with E-state index in [-0.39, 0.29) is 23.1 Å². The summed E-state index contributed by atoms with van der Waals surface area (Å²) in [4.78, 5) is 0. The van der Waals surface area contributed by atoms with Crippen molar-refractivity contribution in [1.82, 2.24) is 0 Å². The highest BCUT2D eigenvalue weighted by Gasteiger charge is 2.24. The van der Waals surface area contributed by atoms with Crippen molar-refractivity contribution in [2.75, 3.05) is 19.6 Å². The van der Waals surface area contributed by atoms with Gasteiger partial charge in [0.05, 0.1) is 19.6 Å². The van der Waals surface area contributed by atoms with E-state index in [2.05, 4.69) is 27.7 Å². The van der Waals surface area contributed by atoms with Gasteiger partial charge in [-0.15, -0.1) is 0 Å². The Bertz CT molecular complexity index is 81.8. The number of quaternary nitrogens is 1. The van der Waals surface area contributed by atoms with Crippen LogP contribution in [0.1, 0.15) is 27.7 Å². The molecule has 3 heteroatoms. The zero-order chi connectivity index (χ0) is 8.20. The summed E-state index contributed by atoms with van der Waals surface area (Å²) in [7, 11) is 0. The summed E-state index contributed by atoms with van der Waals surface area (Å²) in [5.74, 6) is 0. The number of rotatable bonds is 4. The van der Waals surface area contributed by atoms with E-state index in [0.29, 0.717) is 0 Å². The van der Waals surface area contributed by atoms with Crippen LogP contribution in [0.3, 0.4) is 0 Å². The maximum absolute atomic E-state index is 5.88. The smallest absolute Gasteiger partial charge is 0.137 e. The van der Waals surface area contributed by atoms with E-state index < -0.39 is 0 Å². The number of hydrogen-bond acceptors (Lipinski definition) is 1. The van der Waals surface area contributed by atoms with Crippen molar-refractivity contribution >= 4 is 0 Å². The van der Waals surface area contributed by atoms with E-state index in [4.69, 9.17) is 5.73 Å². The SMILES string of the molecule is CC[N+](CC)(CC)C(C)N.[Br-]. The van der Waals surface area contributed by atoms with Crippen LogP contribution in [-0.4, -0.2) is 30.3 Å². The molecule has 0 aliphatic rings. The van der Waals surface area contributed by atoms with Crippen LogP contribution >= 0.6 is 0 Å². The molecule has 2 N–H and O–H groups in total. The second-order valence-corrected chi connectivity index (χ2v) is 2.91. The lowest BCUT2D eigenvalue weighted by Crippen LogP contribution is -3.00.